The molecule has 4 aromatic rings. The summed E-state index contributed by atoms with van der Waals surface area (Å²) in [7, 11) is 0. The summed E-state index contributed by atoms with van der Waals surface area (Å²) in [6.45, 7) is 24.8. The Labute approximate surface area is 624 Å². The molecule has 4 fully saturated rings. The molecule has 105 heavy (non-hydrogen) atoms. The van der Waals surface area contributed by atoms with Gasteiger partial charge in [0.05, 0.1) is 60.7 Å². The van der Waals surface area contributed by atoms with Gasteiger partial charge in [0, 0.05) is 105 Å². The van der Waals surface area contributed by atoms with Gasteiger partial charge in [0.25, 0.3) is 11.4 Å². The zero-order valence-corrected chi connectivity index (χ0v) is 64.1. The van der Waals surface area contributed by atoms with Crippen molar-refractivity contribution in [3.63, 3.8) is 0 Å². The van der Waals surface area contributed by atoms with E-state index in [1.807, 2.05) is 27.7 Å². The van der Waals surface area contributed by atoms with Crippen molar-refractivity contribution in [2.45, 2.75) is 179 Å². The summed E-state index contributed by atoms with van der Waals surface area (Å²) >= 11 is 5.58. The number of hydrogen-bond acceptors (Lipinski definition) is 25. The number of amidine groups is 4. The minimum Gasteiger partial charge on any atom is -0.444 e. The number of nitrogen functional groups attached to an aromatic ring is 2. The highest BCUT2D eigenvalue weighted by molar-refractivity contribution is 8.14. The number of carbonyl (C=O) groups excluding carboxylic acids is 3. The molecule has 0 aliphatic carbocycles. The number of hydrogen-bond donors (Lipinski definition) is 6. The van der Waals surface area contributed by atoms with Crippen LogP contribution in [-0.2, 0) is 55.3 Å². The van der Waals surface area contributed by atoms with E-state index in [2.05, 4.69) is 25.9 Å². The minimum atomic E-state index is -1.15. The number of thioether (sulfide) groups is 4. The molecule has 34 heteroatoms. The predicted molar refractivity (Wildman–Crippen MR) is 400 cm³/mol. The number of aliphatic imine (C=N–C) groups is 4. The maximum Gasteiger partial charge on any atom is 0.413 e. The second-order valence-corrected chi connectivity index (χ2v) is 33.4. The number of nitrogens with one attached hydrogen (secondary N) is 3. The molecule has 12 atom stereocenters. The van der Waals surface area contributed by atoms with E-state index in [0.29, 0.717) is 67.4 Å². The summed E-state index contributed by atoms with van der Waals surface area (Å²) in [6, 6.07) is 16.0. The number of nitrogens with two attached hydrogens (primary N) is 3. The lowest BCUT2D eigenvalue weighted by molar-refractivity contribution is -0.385. The SMILES string of the molecule is CC[C@H]1OC[C@]2(c3cc(N)ccc3F)N=C(NC(=O)OC(C)(C)C)SC[C@H]12.CC[C@H]1OC[C@]2(c3cc(N)ccc3F)N=C(NC(=O)OC(C)(C)C)SC[C@H]12.CC[C@H]1OC[C@]2(c3cc([N+](=O)[O-])ccc3F)N=C(N)SC[C@H]12.CC[C@H]1OC[C@]2(c3cc([N+](=O)[O-])ccc3F)N=C(NC(=O)OC(C)(C)C)SC[C@H]12. The van der Waals surface area contributed by atoms with Crippen LogP contribution in [0.2, 0.25) is 0 Å². The second kappa shape index (κ2) is 32.9. The van der Waals surface area contributed by atoms with Gasteiger partial charge in [-0.15, -0.1) is 0 Å². The van der Waals surface area contributed by atoms with E-state index < -0.39 is 78.7 Å². The van der Waals surface area contributed by atoms with E-state index in [-0.39, 0.29) is 114 Å². The lowest BCUT2D eigenvalue weighted by Gasteiger charge is -2.36. The van der Waals surface area contributed by atoms with Crippen LogP contribution in [-0.4, -0.2) is 139 Å². The van der Waals surface area contributed by atoms with Crippen molar-refractivity contribution in [2.75, 3.05) is 60.9 Å². The lowest BCUT2D eigenvalue weighted by atomic mass is 9.78. The molecular weight excluding hydrogens is 1450 g/mol. The summed E-state index contributed by atoms with van der Waals surface area (Å²) in [6.07, 6.45) is 1.01. The monoisotopic (exact) mass is 1540 g/mol. The van der Waals surface area contributed by atoms with Gasteiger partial charge >= 0.3 is 18.3 Å². The first kappa shape index (κ1) is 81.6. The number of fused-ring (bicyclic) bond motifs is 4. The molecule has 4 saturated heterocycles. The van der Waals surface area contributed by atoms with Crippen LogP contribution in [0.1, 0.15) is 138 Å². The molecule has 0 unspecified atom stereocenters. The van der Waals surface area contributed by atoms with E-state index in [1.54, 1.807) is 74.4 Å². The number of benzene rings is 4. The second-order valence-electron chi connectivity index (χ2n) is 29.3. The van der Waals surface area contributed by atoms with Gasteiger partial charge in [0.1, 0.15) is 62.2 Å². The van der Waals surface area contributed by atoms with E-state index >= 15 is 0 Å². The predicted octanol–water partition coefficient (Wildman–Crippen LogP) is 13.7. The number of halogens is 4. The number of amides is 3. The number of alkyl carbamates (subject to hydrolysis) is 3. The van der Waals surface area contributed by atoms with E-state index in [1.165, 1.54) is 83.4 Å². The van der Waals surface area contributed by atoms with Gasteiger partial charge in [0.15, 0.2) is 20.7 Å². The quantitative estimate of drug-likeness (QED) is 0.0282. The van der Waals surface area contributed by atoms with Crippen molar-refractivity contribution in [1.82, 2.24) is 16.0 Å². The number of nitro groups is 2. The van der Waals surface area contributed by atoms with Crippen molar-refractivity contribution >= 4 is 109 Å². The highest BCUT2D eigenvalue weighted by atomic mass is 32.2. The standard InChI is InChI=1S/C19H24FN3O5S.2C19H26FN3O3S.C14H16FN3O3S/c1-5-15-13-9-29-16(21-17(24)28-18(2,3)4)22-19(13,10-27-15)12-8-11(23(25)26)6-7-14(12)20;2*1-5-15-13-9-27-16(22-17(24)26-18(2,3)4)23-19(13,10-25-15)12-8-11(21)6-7-14(12)20;1-2-12-10-6-22-13(16)17-14(10,7-21-12)9-5-8(18(19)20)3-4-11(9)15/h6-8,13,15H,5,9-10H2,1-4H3,(H,21,22,24);2*6-8,13,15H,5,9-10,21H2,1-4H3,(H,22,23,24);3-5,10,12H,2,6-7H2,1H3,(H2,16,17)/t3*13-,15-,19-;10-,12-,14-/m1111/s1. The van der Waals surface area contributed by atoms with Crippen LogP contribution in [0.3, 0.4) is 0 Å². The topological polar surface area (TPSA) is 366 Å². The van der Waals surface area contributed by atoms with Crippen LogP contribution in [0.5, 0.6) is 0 Å². The number of ether oxygens (including phenoxy) is 7. The Kier molecular flexibility index (Phi) is 25.6. The summed E-state index contributed by atoms with van der Waals surface area (Å²) in [5, 5.41) is 31.7. The molecular formula is C71H92F4N12O14S4. The van der Waals surface area contributed by atoms with Crippen molar-refractivity contribution in [3.05, 3.63) is 139 Å². The van der Waals surface area contributed by atoms with E-state index in [9.17, 15) is 52.2 Å². The molecule has 3 amide bonds. The Bertz CT molecular complexity index is 3920. The molecule has 0 aromatic heterocycles. The van der Waals surface area contributed by atoms with Gasteiger partial charge in [-0.25, -0.2) is 51.9 Å². The molecule has 0 spiro atoms. The highest BCUT2D eigenvalue weighted by Gasteiger charge is 2.58. The van der Waals surface area contributed by atoms with Gasteiger partial charge in [-0.3, -0.25) is 36.2 Å². The van der Waals surface area contributed by atoms with Crippen LogP contribution >= 0.6 is 47.0 Å². The van der Waals surface area contributed by atoms with Gasteiger partial charge in [0.2, 0.25) is 0 Å². The molecule has 0 saturated carbocycles. The smallest absolute Gasteiger partial charge is 0.413 e. The first-order valence-electron chi connectivity index (χ1n) is 34.4. The van der Waals surface area contributed by atoms with Crippen LogP contribution < -0.4 is 33.2 Å². The number of anilines is 2. The van der Waals surface area contributed by atoms with Crippen molar-refractivity contribution in [3.8, 4) is 0 Å². The highest BCUT2D eigenvalue weighted by Crippen LogP contribution is 2.54. The summed E-state index contributed by atoms with van der Waals surface area (Å²) in [5.41, 5.74) is 13.5. The fraction of sp³-hybridized carbons (Fsp3) is 0.563. The molecule has 8 heterocycles. The normalized spacial score (nSPS) is 28.0. The Morgan fingerprint density at radius 1 is 0.457 bits per heavy atom. The Morgan fingerprint density at radius 3 is 0.981 bits per heavy atom. The maximum atomic E-state index is 14.8. The molecule has 4 aromatic carbocycles. The third-order valence-electron chi connectivity index (χ3n) is 18.7. The average molecular weight is 1540 g/mol. The van der Waals surface area contributed by atoms with Crippen LogP contribution in [0.4, 0.5) is 54.7 Å². The molecule has 12 rings (SSSR count). The van der Waals surface area contributed by atoms with Gasteiger partial charge in [-0.1, -0.05) is 74.7 Å². The summed E-state index contributed by atoms with van der Waals surface area (Å²) < 4.78 is 98.2. The van der Waals surface area contributed by atoms with Crippen molar-refractivity contribution < 1.29 is 74.9 Å². The van der Waals surface area contributed by atoms with Gasteiger partial charge in [-0.05, 0) is 137 Å². The fourth-order valence-electron chi connectivity index (χ4n) is 14.0. The molecule has 8 aliphatic heterocycles. The maximum absolute atomic E-state index is 14.8. The Balaban J connectivity index is 0.000000163. The molecule has 0 radical (unpaired) electrons. The van der Waals surface area contributed by atoms with Crippen LogP contribution in [0.25, 0.3) is 0 Å². The Morgan fingerprint density at radius 2 is 0.714 bits per heavy atom. The summed E-state index contributed by atoms with van der Waals surface area (Å²) in [4.78, 5) is 76.3. The van der Waals surface area contributed by atoms with E-state index in [0.717, 1.165) is 43.5 Å². The van der Waals surface area contributed by atoms with Crippen molar-refractivity contribution in [2.24, 2.45) is 49.4 Å². The van der Waals surface area contributed by atoms with Crippen molar-refractivity contribution in [1.29, 1.82) is 0 Å². The molecule has 0 bridgehead atoms. The number of nitro benzene ring substituents is 2. The lowest BCUT2D eigenvalue weighted by Crippen LogP contribution is -2.45. The third-order valence-corrected chi connectivity index (χ3v) is 22.6. The zero-order valence-electron chi connectivity index (χ0n) is 60.8. The first-order chi connectivity index (χ1) is 49.3. The van der Waals surface area contributed by atoms with Gasteiger partial charge < -0.3 is 50.4 Å². The molecule has 9 N–H and O–H groups in total. The Hall–Kier alpha value is -7.47. The largest absolute Gasteiger partial charge is 0.444 e. The summed E-state index contributed by atoms with van der Waals surface area (Å²) in [5.74, 6) is 0.398. The first-order valence-corrected chi connectivity index (χ1v) is 38.4. The minimum absolute atomic E-state index is 0.00649. The average Bonchev–Trinajstić information content (AvgIpc) is 1.60. The number of rotatable bonds is 10. The van der Waals surface area contributed by atoms with Gasteiger partial charge in [-0.2, -0.15) is 0 Å². The zero-order chi connectivity index (χ0) is 76.9. The van der Waals surface area contributed by atoms with Crippen LogP contribution in [0, 0.1) is 67.2 Å². The number of non-ortho nitro benzene ring substituents is 2. The van der Waals surface area contributed by atoms with Crippen LogP contribution in [0.15, 0.2) is 92.8 Å². The third kappa shape index (κ3) is 18.6. The fourth-order valence-corrected chi connectivity index (χ4v) is 18.7. The number of carbonyl (C=O) groups is 3. The molecule has 8 aliphatic rings. The number of nitrogens with zero attached hydrogens (tertiary/aromatic N) is 6. The molecule has 572 valence electrons. The van der Waals surface area contributed by atoms with E-state index in [4.69, 9.17) is 60.3 Å². The molecule has 26 nitrogen and oxygen atoms in total.